The number of methoxy groups -OCH3 is 1. The highest BCUT2D eigenvalue weighted by molar-refractivity contribution is 5.94. The lowest BCUT2D eigenvalue weighted by Crippen LogP contribution is -2.27. The van der Waals surface area contributed by atoms with Crippen LogP contribution in [0.4, 0.5) is 22.1 Å². The van der Waals surface area contributed by atoms with Crippen LogP contribution in [0.1, 0.15) is 19.4 Å². The third kappa shape index (κ3) is 4.25. The predicted octanol–water partition coefficient (Wildman–Crippen LogP) is 3.21. The van der Waals surface area contributed by atoms with Gasteiger partial charge in [-0.2, -0.15) is 5.10 Å². The number of aromatic nitrogens is 4. The Balaban J connectivity index is 1.48. The standard InChI is InChI=1S/C21H25N7O2/c1-3-17(14-30-2)28-13-16(12-24-28)25-20-22-9-8-19(26-20)15-4-6-18(7-5-15)27-11-10-23-21(27)29/h4-9,12-13,17H,3,10-11,14H2,1-2H3,(H,23,29)(H,22,25,26). The minimum atomic E-state index is -0.0624. The molecule has 1 aliphatic rings. The fourth-order valence-corrected chi connectivity index (χ4v) is 3.41. The Morgan fingerprint density at radius 3 is 2.80 bits per heavy atom. The maximum atomic E-state index is 11.8. The fourth-order valence-electron chi connectivity index (χ4n) is 3.41. The summed E-state index contributed by atoms with van der Waals surface area (Å²) >= 11 is 0. The molecule has 0 bridgehead atoms. The number of urea groups is 1. The number of hydrogen-bond acceptors (Lipinski definition) is 6. The van der Waals surface area contributed by atoms with Crippen LogP contribution in [0.15, 0.2) is 48.9 Å². The van der Waals surface area contributed by atoms with Crippen LogP contribution in [0.5, 0.6) is 0 Å². The van der Waals surface area contributed by atoms with E-state index in [4.69, 9.17) is 4.74 Å². The molecule has 156 valence electrons. The van der Waals surface area contributed by atoms with Crippen molar-refractivity contribution >= 4 is 23.4 Å². The Morgan fingerprint density at radius 1 is 1.27 bits per heavy atom. The van der Waals surface area contributed by atoms with Gasteiger partial charge in [0.25, 0.3) is 0 Å². The Bertz CT molecular complexity index is 1000. The van der Waals surface area contributed by atoms with Gasteiger partial charge in [0.05, 0.1) is 30.2 Å². The molecule has 2 N–H and O–H groups in total. The number of nitrogens with one attached hydrogen (secondary N) is 2. The first-order chi connectivity index (χ1) is 14.7. The van der Waals surface area contributed by atoms with Crippen molar-refractivity contribution in [1.29, 1.82) is 0 Å². The molecular weight excluding hydrogens is 382 g/mol. The van der Waals surface area contributed by atoms with Gasteiger partial charge in [0.2, 0.25) is 5.95 Å². The summed E-state index contributed by atoms with van der Waals surface area (Å²) in [5.41, 5.74) is 3.43. The molecule has 0 aliphatic carbocycles. The number of carbonyl (C=O) groups is 1. The molecule has 30 heavy (non-hydrogen) atoms. The number of amides is 2. The van der Waals surface area contributed by atoms with Gasteiger partial charge in [-0.05, 0) is 24.6 Å². The number of rotatable bonds is 8. The predicted molar refractivity (Wildman–Crippen MR) is 115 cm³/mol. The summed E-state index contributed by atoms with van der Waals surface area (Å²) in [5, 5.41) is 10.4. The topological polar surface area (TPSA) is 97.2 Å². The number of benzene rings is 1. The van der Waals surface area contributed by atoms with Crippen molar-refractivity contribution < 1.29 is 9.53 Å². The molecule has 1 atom stereocenters. The Hall–Kier alpha value is -3.46. The maximum Gasteiger partial charge on any atom is 0.321 e. The summed E-state index contributed by atoms with van der Waals surface area (Å²) in [6, 6.07) is 9.77. The third-order valence-corrected chi connectivity index (χ3v) is 5.05. The van der Waals surface area contributed by atoms with Gasteiger partial charge in [-0.3, -0.25) is 9.58 Å². The van der Waals surface area contributed by atoms with E-state index < -0.39 is 0 Å². The first kappa shape index (κ1) is 19.8. The molecule has 3 heterocycles. The molecule has 1 saturated heterocycles. The molecular formula is C21H25N7O2. The minimum Gasteiger partial charge on any atom is -0.382 e. The Labute approximate surface area is 175 Å². The lowest BCUT2D eigenvalue weighted by molar-refractivity contribution is 0.147. The van der Waals surface area contributed by atoms with Crippen LogP contribution in [0.25, 0.3) is 11.3 Å². The van der Waals surface area contributed by atoms with Gasteiger partial charge in [0.15, 0.2) is 0 Å². The second kappa shape index (κ2) is 8.91. The van der Waals surface area contributed by atoms with Crippen LogP contribution in [0, 0.1) is 0 Å². The van der Waals surface area contributed by atoms with Gasteiger partial charge >= 0.3 is 6.03 Å². The van der Waals surface area contributed by atoms with E-state index in [1.165, 1.54) is 0 Å². The number of ether oxygens (including phenoxy) is 1. The van der Waals surface area contributed by atoms with E-state index in [2.05, 4.69) is 32.6 Å². The van der Waals surface area contributed by atoms with Crippen molar-refractivity contribution in [3.63, 3.8) is 0 Å². The number of anilines is 3. The summed E-state index contributed by atoms with van der Waals surface area (Å²) in [6.45, 7) is 4.06. The quantitative estimate of drug-likeness (QED) is 0.595. The van der Waals surface area contributed by atoms with Crippen LogP contribution in [0.2, 0.25) is 0 Å². The van der Waals surface area contributed by atoms with Crippen LogP contribution in [-0.4, -0.2) is 52.6 Å². The van der Waals surface area contributed by atoms with Crippen LogP contribution in [0.3, 0.4) is 0 Å². The van der Waals surface area contributed by atoms with Crippen molar-refractivity contribution in [2.24, 2.45) is 0 Å². The summed E-state index contributed by atoms with van der Waals surface area (Å²) < 4.78 is 7.15. The second-order valence-corrected chi connectivity index (χ2v) is 7.05. The zero-order chi connectivity index (χ0) is 20.9. The second-order valence-electron chi connectivity index (χ2n) is 7.05. The van der Waals surface area contributed by atoms with E-state index in [0.717, 1.165) is 29.1 Å². The molecule has 2 aromatic heterocycles. The van der Waals surface area contributed by atoms with Crippen LogP contribution >= 0.6 is 0 Å². The summed E-state index contributed by atoms with van der Waals surface area (Å²) in [5.74, 6) is 0.495. The summed E-state index contributed by atoms with van der Waals surface area (Å²) in [6.07, 6.45) is 6.33. The maximum absolute atomic E-state index is 11.8. The molecule has 1 unspecified atom stereocenters. The van der Waals surface area contributed by atoms with Gasteiger partial charge in [-0.15, -0.1) is 0 Å². The van der Waals surface area contributed by atoms with Gasteiger partial charge in [-0.1, -0.05) is 19.1 Å². The van der Waals surface area contributed by atoms with Crippen molar-refractivity contribution in [2.75, 3.05) is 37.0 Å². The molecule has 1 fully saturated rings. The zero-order valence-electron chi connectivity index (χ0n) is 17.1. The molecule has 4 rings (SSSR count). The molecule has 1 aliphatic heterocycles. The largest absolute Gasteiger partial charge is 0.382 e. The van der Waals surface area contributed by atoms with Crippen LogP contribution < -0.4 is 15.5 Å². The Kier molecular flexibility index (Phi) is 5.89. The van der Waals surface area contributed by atoms with Gasteiger partial charge in [0, 0.05) is 43.8 Å². The average Bonchev–Trinajstić information content (AvgIpc) is 3.41. The Morgan fingerprint density at radius 2 is 2.10 bits per heavy atom. The van der Waals surface area contributed by atoms with E-state index in [9.17, 15) is 4.79 Å². The van der Waals surface area contributed by atoms with E-state index >= 15 is 0 Å². The van der Waals surface area contributed by atoms with E-state index in [-0.39, 0.29) is 12.1 Å². The van der Waals surface area contributed by atoms with E-state index in [1.807, 2.05) is 41.2 Å². The highest BCUT2D eigenvalue weighted by Crippen LogP contribution is 2.24. The van der Waals surface area contributed by atoms with Crippen LogP contribution in [-0.2, 0) is 4.74 Å². The molecule has 9 nitrogen and oxygen atoms in total. The lowest BCUT2D eigenvalue weighted by Gasteiger charge is -2.14. The molecule has 0 radical (unpaired) electrons. The van der Waals surface area contributed by atoms with Gasteiger partial charge in [-0.25, -0.2) is 14.8 Å². The van der Waals surface area contributed by atoms with Gasteiger partial charge in [0.1, 0.15) is 0 Å². The molecule has 1 aromatic carbocycles. The lowest BCUT2D eigenvalue weighted by atomic mass is 10.1. The van der Waals surface area contributed by atoms with E-state index in [1.54, 1.807) is 24.4 Å². The molecule has 0 saturated carbocycles. The fraction of sp³-hybridized carbons (Fsp3) is 0.333. The monoisotopic (exact) mass is 407 g/mol. The smallest absolute Gasteiger partial charge is 0.321 e. The average molecular weight is 407 g/mol. The van der Waals surface area contributed by atoms with Crippen molar-refractivity contribution in [3.05, 3.63) is 48.9 Å². The minimum absolute atomic E-state index is 0.0624. The first-order valence-electron chi connectivity index (χ1n) is 9.97. The molecule has 9 heteroatoms. The molecule has 0 spiro atoms. The number of hydrogen-bond donors (Lipinski definition) is 2. The third-order valence-electron chi connectivity index (χ3n) is 5.05. The summed E-state index contributed by atoms with van der Waals surface area (Å²) in [7, 11) is 1.69. The highest BCUT2D eigenvalue weighted by atomic mass is 16.5. The highest BCUT2D eigenvalue weighted by Gasteiger charge is 2.20. The van der Waals surface area contributed by atoms with Crippen molar-refractivity contribution in [3.8, 4) is 11.3 Å². The molecule has 3 aromatic rings. The zero-order valence-corrected chi connectivity index (χ0v) is 17.1. The first-order valence-corrected chi connectivity index (χ1v) is 9.97. The van der Waals surface area contributed by atoms with Crippen molar-refractivity contribution in [1.82, 2.24) is 25.1 Å². The SMILES string of the molecule is CCC(COC)n1cc(Nc2nccc(-c3ccc(N4CCNC4=O)cc3)n2)cn1. The normalized spacial score (nSPS) is 14.6. The van der Waals surface area contributed by atoms with Gasteiger partial charge < -0.3 is 15.4 Å². The number of carbonyl (C=O) groups excluding carboxylic acids is 1. The summed E-state index contributed by atoms with van der Waals surface area (Å²) in [4.78, 5) is 22.5. The number of nitrogens with zero attached hydrogens (tertiary/aromatic N) is 5. The van der Waals surface area contributed by atoms with Crippen molar-refractivity contribution in [2.45, 2.75) is 19.4 Å². The molecule has 2 amide bonds. The van der Waals surface area contributed by atoms with E-state index in [0.29, 0.717) is 25.6 Å².